The third kappa shape index (κ3) is 2.90. The van der Waals surface area contributed by atoms with Crippen LogP contribution in [-0.2, 0) is 17.8 Å². The van der Waals surface area contributed by atoms with Crippen molar-refractivity contribution >= 4 is 11.6 Å². The van der Waals surface area contributed by atoms with Crippen molar-refractivity contribution in [3.8, 4) is 0 Å². The van der Waals surface area contributed by atoms with E-state index in [4.69, 9.17) is 0 Å². The molecule has 5 nitrogen and oxygen atoms in total. The maximum Gasteiger partial charge on any atom is 0.244 e. The van der Waals surface area contributed by atoms with Crippen LogP contribution in [0, 0.1) is 0 Å². The molecule has 1 aliphatic rings. The highest BCUT2D eigenvalue weighted by Gasteiger charge is 2.32. The number of anilines is 1. The molecule has 2 heterocycles. The Hall–Kier alpha value is -2.14. The molecule has 0 saturated carbocycles. The number of benzene rings is 1. The average molecular weight is 298 g/mol. The fourth-order valence-electron chi connectivity index (χ4n) is 3.03. The highest BCUT2D eigenvalue weighted by atomic mass is 16.2. The highest BCUT2D eigenvalue weighted by Crippen LogP contribution is 2.32. The van der Waals surface area contributed by atoms with Gasteiger partial charge in [-0.1, -0.05) is 18.2 Å². The number of nitrogens with one attached hydrogen (secondary N) is 1. The quantitative estimate of drug-likeness (QED) is 0.916. The molecule has 1 amide bonds. The first-order chi connectivity index (χ1) is 10.7. The van der Waals surface area contributed by atoms with E-state index in [0.29, 0.717) is 0 Å². The van der Waals surface area contributed by atoms with Gasteiger partial charge in [-0.3, -0.25) is 9.48 Å². The first kappa shape index (κ1) is 14.8. The van der Waals surface area contributed by atoms with Crippen LogP contribution in [0.1, 0.15) is 19.4 Å². The second-order valence-electron chi connectivity index (χ2n) is 5.84. The Morgan fingerprint density at radius 1 is 1.41 bits per heavy atom. The number of fused-ring (bicyclic) bond motifs is 1. The number of amides is 1. The summed E-state index contributed by atoms with van der Waals surface area (Å²) in [4.78, 5) is 14.7. The molecule has 0 aliphatic carbocycles. The first-order valence-corrected chi connectivity index (χ1v) is 7.78. The van der Waals surface area contributed by atoms with Crippen molar-refractivity contribution in [2.45, 2.75) is 38.9 Å². The molecule has 0 radical (unpaired) electrons. The lowest BCUT2D eigenvalue weighted by Crippen LogP contribution is -2.48. The highest BCUT2D eigenvalue weighted by molar-refractivity contribution is 5.99. The second-order valence-corrected chi connectivity index (χ2v) is 5.84. The van der Waals surface area contributed by atoms with Crippen molar-refractivity contribution in [1.29, 1.82) is 0 Å². The molecule has 0 bridgehead atoms. The first-order valence-electron chi connectivity index (χ1n) is 7.78. The van der Waals surface area contributed by atoms with Crippen LogP contribution in [0.3, 0.4) is 0 Å². The zero-order valence-corrected chi connectivity index (χ0v) is 13.1. The number of para-hydroxylation sites is 1. The van der Waals surface area contributed by atoms with Crippen LogP contribution in [0.2, 0.25) is 0 Å². The van der Waals surface area contributed by atoms with Crippen LogP contribution < -0.4 is 10.2 Å². The molecule has 0 spiro atoms. The Bertz CT molecular complexity index is 638. The normalized spacial score (nSPS) is 18.3. The third-order valence-corrected chi connectivity index (χ3v) is 4.17. The van der Waals surface area contributed by atoms with Gasteiger partial charge in [-0.25, -0.2) is 0 Å². The molecule has 116 valence electrons. The minimum Gasteiger partial charge on any atom is -0.308 e. The van der Waals surface area contributed by atoms with Gasteiger partial charge in [0.05, 0.1) is 12.6 Å². The summed E-state index contributed by atoms with van der Waals surface area (Å²) < 4.78 is 1.86. The lowest BCUT2D eigenvalue weighted by molar-refractivity contribution is -0.120. The molecule has 3 rings (SSSR count). The fraction of sp³-hybridized carbons (Fsp3) is 0.412. The molecule has 0 fully saturated rings. The molecule has 0 saturated heterocycles. The van der Waals surface area contributed by atoms with E-state index in [1.54, 1.807) is 6.20 Å². The van der Waals surface area contributed by atoms with Gasteiger partial charge < -0.3 is 10.2 Å². The van der Waals surface area contributed by atoms with E-state index in [9.17, 15) is 4.79 Å². The summed E-state index contributed by atoms with van der Waals surface area (Å²) in [6.07, 6.45) is 4.62. The Labute approximate surface area is 130 Å². The smallest absolute Gasteiger partial charge is 0.244 e. The SMILES string of the molecule is C[C@H](NCCn1cccn1)C(=O)N1c2ccccc2C[C@H]1C. The zero-order valence-electron chi connectivity index (χ0n) is 13.1. The van der Waals surface area contributed by atoms with E-state index < -0.39 is 0 Å². The third-order valence-electron chi connectivity index (χ3n) is 4.17. The number of hydrogen-bond donors (Lipinski definition) is 1. The Kier molecular flexibility index (Phi) is 4.24. The van der Waals surface area contributed by atoms with Crippen molar-refractivity contribution < 1.29 is 4.79 Å². The number of nitrogens with zero attached hydrogens (tertiary/aromatic N) is 3. The van der Waals surface area contributed by atoms with E-state index in [2.05, 4.69) is 23.4 Å². The number of rotatable bonds is 5. The summed E-state index contributed by atoms with van der Waals surface area (Å²) in [6.45, 7) is 5.52. The zero-order chi connectivity index (χ0) is 15.5. The Balaban J connectivity index is 1.61. The Morgan fingerprint density at radius 3 is 3.00 bits per heavy atom. The van der Waals surface area contributed by atoms with E-state index in [0.717, 1.165) is 25.2 Å². The van der Waals surface area contributed by atoms with Crippen molar-refractivity contribution in [3.63, 3.8) is 0 Å². The molecule has 5 heteroatoms. The van der Waals surface area contributed by atoms with E-state index >= 15 is 0 Å². The van der Waals surface area contributed by atoms with E-state index in [1.807, 2.05) is 47.0 Å². The fourth-order valence-corrected chi connectivity index (χ4v) is 3.03. The van der Waals surface area contributed by atoms with Gasteiger partial charge in [0.2, 0.25) is 5.91 Å². The predicted molar refractivity (Wildman–Crippen MR) is 86.8 cm³/mol. The molecule has 1 aromatic carbocycles. The molecule has 1 N–H and O–H groups in total. The van der Waals surface area contributed by atoms with Crippen molar-refractivity contribution in [2.24, 2.45) is 0 Å². The summed E-state index contributed by atoms with van der Waals surface area (Å²) in [5, 5.41) is 7.46. The van der Waals surface area contributed by atoms with Crippen LogP contribution >= 0.6 is 0 Å². The lowest BCUT2D eigenvalue weighted by Gasteiger charge is -2.26. The Morgan fingerprint density at radius 2 is 2.23 bits per heavy atom. The van der Waals surface area contributed by atoms with Crippen molar-refractivity contribution in [1.82, 2.24) is 15.1 Å². The molecular weight excluding hydrogens is 276 g/mol. The van der Waals surface area contributed by atoms with Gasteiger partial charge in [-0.2, -0.15) is 5.10 Å². The molecule has 22 heavy (non-hydrogen) atoms. The van der Waals surface area contributed by atoms with Crippen LogP contribution in [0.4, 0.5) is 5.69 Å². The average Bonchev–Trinajstić information content (AvgIpc) is 3.13. The summed E-state index contributed by atoms with van der Waals surface area (Å²) in [6, 6.07) is 10.1. The topological polar surface area (TPSA) is 50.2 Å². The monoisotopic (exact) mass is 298 g/mol. The minimum atomic E-state index is -0.204. The van der Waals surface area contributed by atoms with Gasteiger partial charge in [0.25, 0.3) is 0 Å². The molecule has 1 aliphatic heterocycles. The van der Waals surface area contributed by atoms with Gasteiger partial charge >= 0.3 is 0 Å². The molecule has 0 unspecified atom stereocenters. The largest absolute Gasteiger partial charge is 0.308 e. The summed E-state index contributed by atoms with van der Waals surface area (Å²) in [7, 11) is 0. The van der Waals surface area contributed by atoms with Crippen LogP contribution in [0.5, 0.6) is 0 Å². The maximum atomic E-state index is 12.8. The van der Waals surface area contributed by atoms with Gasteiger partial charge in [0.15, 0.2) is 0 Å². The molecule has 2 atom stereocenters. The predicted octanol–water partition coefficient (Wildman–Crippen LogP) is 1.84. The lowest BCUT2D eigenvalue weighted by atomic mass is 10.1. The standard InChI is InChI=1S/C17H22N4O/c1-13-12-15-6-3-4-7-16(15)21(13)17(22)14(2)18-9-11-20-10-5-8-19-20/h3-8,10,13-14,18H,9,11-12H2,1-2H3/t13-,14+/m1/s1. The maximum absolute atomic E-state index is 12.8. The van der Waals surface area contributed by atoms with Crippen molar-refractivity contribution in [2.75, 3.05) is 11.4 Å². The molecule has 2 aromatic rings. The molecule has 1 aromatic heterocycles. The van der Waals surface area contributed by atoms with Crippen LogP contribution in [0.25, 0.3) is 0 Å². The number of aromatic nitrogens is 2. The van der Waals surface area contributed by atoms with Crippen molar-refractivity contribution in [3.05, 3.63) is 48.3 Å². The summed E-state index contributed by atoms with van der Waals surface area (Å²) >= 11 is 0. The number of carbonyl (C=O) groups excluding carboxylic acids is 1. The summed E-state index contributed by atoms with van der Waals surface area (Å²) in [5.41, 5.74) is 2.31. The number of carbonyl (C=O) groups is 1. The van der Waals surface area contributed by atoms with E-state index in [-0.39, 0.29) is 18.0 Å². The van der Waals surface area contributed by atoms with Gasteiger partial charge in [-0.05, 0) is 38.0 Å². The number of hydrogen-bond acceptors (Lipinski definition) is 3. The summed E-state index contributed by atoms with van der Waals surface area (Å²) in [5.74, 6) is 0.137. The van der Waals surface area contributed by atoms with Gasteiger partial charge in [0, 0.05) is 30.7 Å². The van der Waals surface area contributed by atoms with E-state index in [1.165, 1.54) is 5.56 Å². The van der Waals surface area contributed by atoms with Gasteiger partial charge in [-0.15, -0.1) is 0 Å². The second kappa shape index (κ2) is 6.32. The minimum absolute atomic E-state index is 0.137. The van der Waals surface area contributed by atoms with Gasteiger partial charge in [0.1, 0.15) is 0 Å². The van der Waals surface area contributed by atoms with Crippen LogP contribution in [0.15, 0.2) is 42.7 Å². The molecular formula is C17H22N4O. The van der Waals surface area contributed by atoms with Crippen LogP contribution in [-0.4, -0.2) is 34.3 Å².